The van der Waals surface area contributed by atoms with Crippen LogP contribution in [0, 0.1) is 0 Å². The summed E-state index contributed by atoms with van der Waals surface area (Å²) in [4.78, 5) is 11.1. The number of carbonyl (C=O) groups is 1. The number of amides is 1. The molecule has 3 N–H and O–H groups in total. The Morgan fingerprint density at radius 1 is 1.59 bits per heavy atom. The molecule has 0 radical (unpaired) electrons. The van der Waals surface area contributed by atoms with Crippen molar-refractivity contribution in [2.45, 2.75) is 25.8 Å². The molecule has 1 heterocycles. The fourth-order valence-corrected chi connectivity index (χ4v) is 2.03. The second-order valence-electron chi connectivity index (χ2n) is 4.35. The van der Waals surface area contributed by atoms with Crippen LogP contribution in [0.2, 0.25) is 0 Å². The molecule has 1 aliphatic heterocycles. The molecule has 0 bridgehead atoms. The van der Waals surface area contributed by atoms with Crippen molar-refractivity contribution in [3.05, 3.63) is 29.3 Å². The molecule has 1 atom stereocenters. The summed E-state index contributed by atoms with van der Waals surface area (Å²) in [5.74, 6) is 0.473. The topological polar surface area (TPSA) is 64.3 Å². The maximum absolute atomic E-state index is 11.1. The fraction of sp³-hybridized carbons (Fsp3) is 0.462. The Hall–Kier alpha value is -1.55. The van der Waals surface area contributed by atoms with Crippen molar-refractivity contribution in [2.24, 2.45) is 5.73 Å². The van der Waals surface area contributed by atoms with Gasteiger partial charge in [-0.25, -0.2) is 0 Å². The maximum Gasteiger partial charge on any atom is 0.248 e. The summed E-state index contributed by atoms with van der Waals surface area (Å²) in [6.45, 7) is 3.80. The van der Waals surface area contributed by atoms with E-state index in [4.69, 9.17) is 10.5 Å². The normalized spacial score (nSPS) is 18.3. The molecule has 0 unspecified atom stereocenters. The highest BCUT2D eigenvalue weighted by Gasteiger charge is 2.19. The van der Waals surface area contributed by atoms with Crippen LogP contribution in [-0.4, -0.2) is 25.1 Å². The van der Waals surface area contributed by atoms with E-state index < -0.39 is 5.91 Å². The van der Waals surface area contributed by atoms with Gasteiger partial charge in [0.25, 0.3) is 0 Å². The molecule has 4 nitrogen and oxygen atoms in total. The van der Waals surface area contributed by atoms with Gasteiger partial charge < -0.3 is 15.8 Å². The summed E-state index contributed by atoms with van der Waals surface area (Å²) in [6.07, 6.45) is 1.99. The van der Waals surface area contributed by atoms with Crippen molar-refractivity contribution >= 4 is 5.91 Å². The van der Waals surface area contributed by atoms with Crippen LogP contribution in [0.5, 0.6) is 5.75 Å². The number of nitrogens with two attached hydrogens (primary N) is 1. The minimum atomic E-state index is -0.392. The molecule has 0 spiro atoms. The van der Waals surface area contributed by atoms with E-state index in [-0.39, 0.29) is 0 Å². The van der Waals surface area contributed by atoms with Gasteiger partial charge in [0.15, 0.2) is 0 Å². The molecule has 1 aromatic carbocycles. The molecule has 17 heavy (non-hydrogen) atoms. The highest BCUT2D eigenvalue weighted by molar-refractivity contribution is 5.93. The summed E-state index contributed by atoms with van der Waals surface area (Å²) in [5, 5.41) is 3.42. The monoisotopic (exact) mass is 234 g/mol. The number of fused-ring (bicyclic) bond motifs is 1. The Balaban J connectivity index is 2.12. The van der Waals surface area contributed by atoms with E-state index in [1.54, 1.807) is 6.07 Å². The molecule has 2 rings (SSSR count). The van der Waals surface area contributed by atoms with Crippen LogP contribution in [0.4, 0.5) is 0 Å². The smallest absolute Gasteiger partial charge is 0.248 e. The quantitative estimate of drug-likeness (QED) is 0.819. The number of ether oxygens (including phenoxy) is 1. The molecule has 92 valence electrons. The second kappa shape index (κ2) is 5.19. The number of nitrogens with one attached hydrogen (secondary N) is 1. The Labute approximate surface area is 101 Å². The van der Waals surface area contributed by atoms with Crippen molar-refractivity contribution in [3.8, 4) is 5.75 Å². The van der Waals surface area contributed by atoms with Gasteiger partial charge in [0.2, 0.25) is 5.91 Å². The first-order valence-corrected chi connectivity index (χ1v) is 5.99. The standard InChI is InChI=1S/C13H18N2O2/c1-2-5-15-11-7-10-6-9(13(14)16)3-4-12(10)17-8-11/h3-4,6,11,15H,2,5,7-8H2,1H3,(H2,14,16)/t11-/m0/s1. The van der Waals surface area contributed by atoms with Crippen molar-refractivity contribution in [2.75, 3.05) is 13.2 Å². The molecule has 0 aromatic heterocycles. The van der Waals surface area contributed by atoms with Gasteiger partial charge in [-0.3, -0.25) is 4.79 Å². The second-order valence-corrected chi connectivity index (χ2v) is 4.35. The van der Waals surface area contributed by atoms with E-state index in [9.17, 15) is 4.79 Å². The van der Waals surface area contributed by atoms with Crippen LogP contribution >= 0.6 is 0 Å². The van der Waals surface area contributed by atoms with Crippen LogP contribution in [0.15, 0.2) is 18.2 Å². The highest BCUT2D eigenvalue weighted by atomic mass is 16.5. The maximum atomic E-state index is 11.1. The van der Waals surface area contributed by atoms with E-state index in [1.165, 1.54) is 0 Å². The third-order valence-electron chi connectivity index (χ3n) is 2.93. The largest absolute Gasteiger partial charge is 0.492 e. The van der Waals surface area contributed by atoms with Crippen LogP contribution in [0.1, 0.15) is 29.3 Å². The molecule has 0 saturated carbocycles. The van der Waals surface area contributed by atoms with Gasteiger partial charge in [-0.1, -0.05) is 6.92 Å². The molecular weight excluding hydrogens is 216 g/mol. The van der Waals surface area contributed by atoms with Gasteiger partial charge in [-0.05, 0) is 43.1 Å². The number of hydrogen-bond acceptors (Lipinski definition) is 3. The highest BCUT2D eigenvalue weighted by Crippen LogP contribution is 2.25. The lowest BCUT2D eigenvalue weighted by atomic mass is 10.00. The van der Waals surface area contributed by atoms with Crippen LogP contribution in [0.3, 0.4) is 0 Å². The number of primary amides is 1. The Bertz CT molecular complexity index is 418. The van der Waals surface area contributed by atoms with E-state index in [0.29, 0.717) is 18.2 Å². The van der Waals surface area contributed by atoms with Crippen molar-refractivity contribution in [3.63, 3.8) is 0 Å². The van der Waals surface area contributed by atoms with Gasteiger partial charge >= 0.3 is 0 Å². The summed E-state index contributed by atoms with van der Waals surface area (Å²) in [7, 11) is 0. The van der Waals surface area contributed by atoms with Crippen molar-refractivity contribution in [1.82, 2.24) is 5.32 Å². The summed E-state index contributed by atoms with van der Waals surface area (Å²) in [6, 6.07) is 5.69. The predicted octanol–water partition coefficient (Wildman–Crippen LogP) is 1.09. The first kappa shape index (κ1) is 11.9. The molecular formula is C13H18N2O2. The Morgan fingerprint density at radius 2 is 2.41 bits per heavy atom. The van der Waals surface area contributed by atoms with Gasteiger partial charge in [0.1, 0.15) is 12.4 Å². The SMILES string of the molecule is CCCN[C@@H]1COc2ccc(C(N)=O)cc2C1. The minimum Gasteiger partial charge on any atom is -0.492 e. The lowest BCUT2D eigenvalue weighted by molar-refractivity contribution is 0.1000. The van der Waals surface area contributed by atoms with Gasteiger partial charge in [0.05, 0.1) is 0 Å². The number of rotatable bonds is 4. The van der Waals surface area contributed by atoms with Crippen molar-refractivity contribution in [1.29, 1.82) is 0 Å². The van der Waals surface area contributed by atoms with E-state index in [0.717, 1.165) is 30.7 Å². The first-order chi connectivity index (χ1) is 8.20. The molecule has 1 aliphatic rings. The van der Waals surface area contributed by atoms with Gasteiger partial charge in [0, 0.05) is 11.6 Å². The predicted molar refractivity (Wildman–Crippen MR) is 66.2 cm³/mol. The Morgan fingerprint density at radius 3 is 3.12 bits per heavy atom. The number of carbonyl (C=O) groups excluding carboxylic acids is 1. The van der Waals surface area contributed by atoms with Gasteiger partial charge in [-0.15, -0.1) is 0 Å². The molecule has 0 aliphatic carbocycles. The summed E-state index contributed by atoms with van der Waals surface area (Å²) >= 11 is 0. The van der Waals surface area contributed by atoms with Crippen LogP contribution in [-0.2, 0) is 6.42 Å². The lowest BCUT2D eigenvalue weighted by Crippen LogP contribution is -2.39. The Kier molecular flexibility index (Phi) is 3.64. The molecule has 4 heteroatoms. The zero-order valence-electron chi connectivity index (χ0n) is 10.0. The zero-order valence-corrected chi connectivity index (χ0v) is 10.0. The van der Waals surface area contributed by atoms with E-state index >= 15 is 0 Å². The van der Waals surface area contributed by atoms with E-state index in [1.807, 2.05) is 12.1 Å². The summed E-state index contributed by atoms with van der Waals surface area (Å²) < 4.78 is 5.65. The number of benzene rings is 1. The van der Waals surface area contributed by atoms with E-state index in [2.05, 4.69) is 12.2 Å². The third-order valence-corrected chi connectivity index (χ3v) is 2.93. The molecule has 0 saturated heterocycles. The molecule has 1 aromatic rings. The van der Waals surface area contributed by atoms with Crippen LogP contribution < -0.4 is 15.8 Å². The minimum absolute atomic E-state index is 0.325. The average molecular weight is 234 g/mol. The third kappa shape index (κ3) is 2.77. The molecule has 0 fully saturated rings. The van der Waals surface area contributed by atoms with Crippen LogP contribution in [0.25, 0.3) is 0 Å². The average Bonchev–Trinajstić information content (AvgIpc) is 2.35. The molecule has 1 amide bonds. The number of hydrogen-bond donors (Lipinski definition) is 2. The van der Waals surface area contributed by atoms with Crippen molar-refractivity contribution < 1.29 is 9.53 Å². The zero-order chi connectivity index (χ0) is 12.3. The summed E-state index contributed by atoms with van der Waals surface area (Å²) in [5.41, 5.74) is 6.87. The van der Waals surface area contributed by atoms with Gasteiger partial charge in [-0.2, -0.15) is 0 Å². The first-order valence-electron chi connectivity index (χ1n) is 5.99. The fourth-order valence-electron chi connectivity index (χ4n) is 2.03. The lowest BCUT2D eigenvalue weighted by Gasteiger charge is -2.26.